The van der Waals surface area contributed by atoms with Crippen molar-refractivity contribution in [2.75, 3.05) is 0 Å². The van der Waals surface area contributed by atoms with Gasteiger partial charge in [0.05, 0.1) is 12.1 Å². The maximum absolute atomic E-state index is 14.0. The summed E-state index contributed by atoms with van der Waals surface area (Å²) in [7, 11) is 0. The lowest BCUT2D eigenvalue weighted by molar-refractivity contribution is -0.123. The summed E-state index contributed by atoms with van der Waals surface area (Å²) in [5.41, 5.74) is 3.92. The predicted octanol–water partition coefficient (Wildman–Crippen LogP) is 4.96. The smallest absolute Gasteiger partial charge is 0.339 e. The van der Waals surface area contributed by atoms with Crippen LogP contribution in [-0.4, -0.2) is 32.5 Å². The zero-order chi connectivity index (χ0) is 24.9. The standard InChI is InChI=1S/C26H24FN3O4S/c1-14-11-17(12-20-23(31)29(26(34)28-20)13-16-7-3-5-9-19(16)27)15(2)30(14)24-22(25(32)33)18-8-4-6-10-21(18)35-24/h3,5,7,9,11-12H,4,6,8,10,13H2,1-2H3,(H,28,34)(H,32,33). The Morgan fingerprint density at radius 1 is 1.20 bits per heavy atom. The monoisotopic (exact) mass is 493 g/mol. The van der Waals surface area contributed by atoms with Crippen LogP contribution in [0.15, 0.2) is 36.0 Å². The molecular formula is C26H24FN3O4S. The molecule has 0 unspecified atom stereocenters. The molecule has 9 heteroatoms. The molecule has 1 aliphatic carbocycles. The van der Waals surface area contributed by atoms with E-state index < -0.39 is 23.7 Å². The highest BCUT2D eigenvalue weighted by Crippen LogP contribution is 2.39. The fraction of sp³-hybridized carbons (Fsp3) is 0.269. The Balaban J connectivity index is 1.50. The number of carbonyl (C=O) groups excluding carboxylic acids is 2. The van der Waals surface area contributed by atoms with Crippen molar-refractivity contribution in [3.8, 4) is 5.00 Å². The van der Waals surface area contributed by atoms with Gasteiger partial charge in [0.2, 0.25) is 0 Å². The average molecular weight is 494 g/mol. The van der Waals surface area contributed by atoms with Gasteiger partial charge in [-0.1, -0.05) is 18.2 Å². The Bertz CT molecular complexity index is 1420. The Hall–Kier alpha value is -3.72. The van der Waals surface area contributed by atoms with E-state index in [1.165, 1.54) is 23.5 Å². The van der Waals surface area contributed by atoms with Crippen molar-refractivity contribution in [3.05, 3.63) is 80.4 Å². The number of aromatic carboxylic acids is 1. The van der Waals surface area contributed by atoms with Crippen LogP contribution in [0.5, 0.6) is 0 Å². The number of carboxylic acid groups (broad SMARTS) is 1. The fourth-order valence-corrected chi connectivity index (χ4v) is 6.34. The summed E-state index contributed by atoms with van der Waals surface area (Å²) in [6, 6.07) is 7.27. The van der Waals surface area contributed by atoms with Crippen molar-refractivity contribution in [1.29, 1.82) is 0 Å². The highest BCUT2D eigenvalue weighted by molar-refractivity contribution is 7.15. The lowest BCUT2D eigenvalue weighted by Crippen LogP contribution is -2.30. The summed E-state index contributed by atoms with van der Waals surface area (Å²) in [6.07, 6.45) is 5.28. The molecule has 0 atom stereocenters. The van der Waals surface area contributed by atoms with Gasteiger partial charge in [0.25, 0.3) is 5.91 Å². The number of nitrogens with one attached hydrogen (secondary N) is 1. The summed E-state index contributed by atoms with van der Waals surface area (Å²) in [5.74, 6) is -1.96. The van der Waals surface area contributed by atoms with Gasteiger partial charge in [-0.05, 0) is 68.9 Å². The summed E-state index contributed by atoms with van der Waals surface area (Å²) in [5, 5.41) is 13.2. The molecule has 0 spiro atoms. The zero-order valence-electron chi connectivity index (χ0n) is 19.4. The number of amides is 3. The topological polar surface area (TPSA) is 91.6 Å². The van der Waals surface area contributed by atoms with E-state index in [1.54, 1.807) is 18.2 Å². The molecule has 0 radical (unpaired) electrons. The van der Waals surface area contributed by atoms with Crippen molar-refractivity contribution >= 4 is 35.3 Å². The number of fused-ring (bicyclic) bond motifs is 1. The van der Waals surface area contributed by atoms with Crippen LogP contribution < -0.4 is 5.32 Å². The number of thiophene rings is 1. The van der Waals surface area contributed by atoms with E-state index in [1.807, 2.05) is 24.5 Å². The summed E-state index contributed by atoms with van der Waals surface area (Å²) < 4.78 is 16.0. The third-order valence-electron chi connectivity index (χ3n) is 6.59. The van der Waals surface area contributed by atoms with E-state index in [9.17, 15) is 23.9 Å². The first-order valence-corrected chi connectivity index (χ1v) is 12.2. The molecule has 3 amide bonds. The number of aromatic nitrogens is 1. The minimum Gasteiger partial charge on any atom is -0.478 e. The number of benzene rings is 1. The molecule has 3 heterocycles. The zero-order valence-corrected chi connectivity index (χ0v) is 20.2. The molecule has 180 valence electrons. The summed E-state index contributed by atoms with van der Waals surface area (Å²) in [4.78, 5) is 39.7. The normalized spacial score (nSPS) is 16.7. The summed E-state index contributed by atoms with van der Waals surface area (Å²) >= 11 is 1.51. The maximum Gasteiger partial charge on any atom is 0.339 e. The number of carboxylic acids is 1. The Labute approximate surface area is 205 Å². The number of carbonyl (C=O) groups is 3. The second-order valence-corrected chi connectivity index (χ2v) is 9.91. The molecule has 1 aromatic carbocycles. The van der Waals surface area contributed by atoms with E-state index in [0.717, 1.165) is 52.4 Å². The van der Waals surface area contributed by atoms with Crippen LogP contribution in [0.25, 0.3) is 11.1 Å². The van der Waals surface area contributed by atoms with Gasteiger partial charge in [-0.15, -0.1) is 11.3 Å². The number of rotatable bonds is 5. The van der Waals surface area contributed by atoms with Gasteiger partial charge in [-0.2, -0.15) is 0 Å². The molecule has 0 bridgehead atoms. The number of nitrogens with zero attached hydrogens (tertiary/aromatic N) is 2. The molecule has 1 saturated heterocycles. The van der Waals surface area contributed by atoms with Gasteiger partial charge in [0.15, 0.2) is 0 Å². The van der Waals surface area contributed by atoms with Gasteiger partial charge in [0, 0.05) is 21.8 Å². The highest BCUT2D eigenvalue weighted by Gasteiger charge is 2.34. The molecule has 0 saturated carbocycles. The molecule has 3 aromatic rings. The maximum atomic E-state index is 14.0. The molecule has 35 heavy (non-hydrogen) atoms. The van der Waals surface area contributed by atoms with E-state index in [-0.39, 0.29) is 17.8 Å². The average Bonchev–Trinajstić information content (AvgIpc) is 3.42. The largest absolute Gasteiger partial charge is 0.478 e. The molecule has 2 N–H and O–H groups in total. The second-order valence-electron chi connectivity index (χ2n) is 8.83. The van der Waals surface area contributed by atoms with Crippen molar-refractivity contribution in [2.45, 2.75) is 46.1 Å². The Kier molecular flexibility index (Phi) is 5.80. The van der Waals surface area contributed by atoms with Gasteiger partial charge in [-0.3, -0.25) is 9.69 Å². The molecular weight excluding hydrogens is 469 g/mol. The van der Waals surface area contributed by atoms with Gasteiger partial charge in [0.1, 0.15) is 16.5 Å². The quantitative estimate of drug-likeness (QED) is 0.388. The van der Waals surface area contributed by atoms with Gasteiger partial charge >= 0.3 is 12.0 Å². The third kappa shape index (κ3) is 3.95. The fourth-order valence-electron chi connectivity index (χ4n) is 4.84. The molecule has 1 fully saturated rings. The number of halogens is 1. The second kappa shape index (κ2) is 8.81. The first-order chi connectivity index (χ1) is 16.8. The molecule has 5 rings (SSSR count). The van der Waals surface area contributed by atoms with Crippen LogP contribution >= 0.6 is 11.3 Å². The summed E-state index contributed by atoms with van der Waals surface area (Å²) in [6.45, 7) is 3.58. The van der Waals surface area contributed by atoms with Gasteiger partial charge < -0.3 is 15.0 Å². The minimum absolute atomic E-state index is 0.0931. The molecule has 2 aromatic heterocycles. The van der Waals surface area contributed by atoms with E-state index in [2.05, 4.69) is 5.32 Å². The number of hydrogen-bond acceptors (Lipinski definition) is 4. The van der Waals surface area contributed by atoms with Crippen molar-refractivity contribution in [1.82, 2.24) is 14.8 Å². The van der Waals surface area contributed by atoms with E-state index in [4.69, 9.17) is 0 Å². The minimum atomic E-state index is -0.936. The number of urea groups is 1. The van der Waals surface area contributed by atoms with Crippen molar-refractivity contribution < 1.29 is 23.9 Å². The van der Waals surface area contributed by atoms with Crippen LogP contribution in [-0.2, 0) is 24.2 Å². The SMILES string of the molecule is Cc1cc(C=C2NC(=O)N(Cc3ccccc3F)C2=O)c(C)n1-c1sc2c(c1C(=O)O)CCCC2. The van der Waals surface area contributed by atoms with E-state index in [0.29, 0.717) is 16.1 Å². The van der Waals surface area contributed by atoms with Crippen molar-refractivity contribution in [2.24, 2.45) is 0 Å². The highest BCUT2D eigenvalue weighted by atomic mass is 32.1. The predicted molar refractivity (Wildman–Crippen MR) is 130 cm³/mol. The van der Waals surface area contributed by atoms with Crippen LogP contribution in [0.1, 0.15) is 56.2 Å². The number of imide groups is 1. The lowest BCUT2D eigenvalue weighted by Gasteiger charge is -2.12. The van der Waals surface area contributed by atoms with Crippen LogP contribution in [0.3, 0.4) is 0 Å². The molecule has 2 aliphatic rings. The van der Waals surface area contributed by atoms with Crippen LogP contribution in [0.2, 0.25) is 0 Å². The number of aryl methyl sites for hydroxylation is 2. The van der Waals surface area contributed by atoms with Crippen LogP contribution in [0.4, 0.5) is 9.18 Å². The third-order valence-corrected chi connectivity index (χ3v) is 7.87. The number of hydrogen-bond donors (Lipinski definition) is 2. The van der Waals surface area contributed by atoms with E-state index >= 15 is 0 Å². The van der Waals surface area contributed by atoms with Crippen molar-refractivity contribution in [3.63, 3.8) is 0 Å². The Morgan fingerprint density at radius 3 is 2.69 bits per heavy atom. The lowest BCUT2D eigenvalue weighted by atomic mass is 9.95. The molecule has 7 nitrogen and oxygen atoms in total. The first-order valence-electron chi connectivity index (χ1n) is 11.4. The molecule has 1 aliphatic heterocycles. The van der Waals surface area contributed by atoms with Gasteiger partial charge in [-0.25, -0.2) is 14.0 Å². The first kappa shape index (κ1) is 23.0. The Morgan fingerprint density at radius 2 is 1.94 bits per heavy atom. The van der Waals surface area contributed by atoms with Crippen LogP contribution in [0, 0.1) is 19.7 Å².